The summed E-state index contributed by atoms with van der Waals surface area (Å²) >= 11 is 0. The number of aromatic amines is 1. The Kier molecular flexibility index (Phi) is 2.19. The summed E-state index contributed by atoms with van der Waals surface area (Å²) in [5, 5.41) is 8.90. The van der Waals surface area contributed by atoms with Gasteiger partial charge in [0.25, 0.3) is 5.56 Å². The van der Waals surface area contributed by atoms with Crippen molar-refractivity contribution in [3.8, 4) is 17.0 Å². The Morgan fingerprint density at radius 2 is 2.11 bits per heavy atom. The second-order valence-corrected chi connectivity index (χ2v) is 4.00. The van der Waals surface area contributed by atoms with E-state index in [1.807, 2.05) is 24.3 Å². The highest BCUT2D eigenvalue weighted by Gasteiger charge is 2.20. The van der Waals surface area contributed by atoms with E-state index in [-0.39, 0.29) is 12.2 Å². The summed E-state index contributed by atoms with van der Waals surface area (Å²) < 4.78 is 5.51. The van der Waals surface area contributed by atoms with E-state index >= 15 is 0 Å². The minimum atomic E-state index is -1.24. The Labute approximate surface area is 102 Å². The molecule has 0 amide bonds. The molecule has 5 heteroatoms. The summed E-state index contributed by atoms with van der Waals surface area (Å²) in [5.74, 6) is -0.554. The number of fused-ring (bicyclic) bond motifs is 3. The predicted octanol–water partition coefficient (Wildman–Crippen LogP) is 1.63. The summed E-state index contributed by atoms with van der Waals surface area (Å²) in [4.78, 5) is 25.2. The number of rotatable bonds is 1. The van der Waals surface area contributed by atoms with Crippen LogP contribution in [-0.4, -0.2) is 16.1 Å². The van der Waals surface area contributed by atoms with Crippen LogP contribution in [0.2, 0.25) is 0 Å². The zero-order valence-electron chi connectivity index (χ0n) is 9.27. The van der Waals surface area contributed by atoms with Crippen molar-refractivity contribution in [2.45, 2.75) is 6.61 Å². The number of benzene rings is 1. The van der Waals surface area contributed by atoms with Gasteiger partial charge in [-0.1, -0.05) is 12.1 Å². The predicted molar refractivity (Wildman–Crippen MR) is 63.8 cm³/mol. The molecule has 1 aromatic carbocycles. The topological polar surface area (TPSA) is 79.4 Å². The first-order valence-corrected chi connectivity index (χ1v) is 5.38. The van der Waals surface area contributed by atoms with Gasteiger partial charge in [-0.05, 0) is 18.2 Å². The second kappa shape index (κ2) is 3.73. The monoisotopic (exact) mass is 243 g/mol. The molecule has 0 spiro atoms. The first-order valence-electron chi connectivity index (χ1n) is 5.38. The number of ether oxygens (including phenoxy) is 1. The molecular formula is C13H9NO4. The van der Waals surface area contributed by atoms with Crippen molar-refractivity contribution in [1.82, 2.24) is 4.98 Å². The van der Waals surface area contributed by atoms with Gasteiger partial charge in [-0.25, -0.2) is 4.79 Å². The fourth-order valence-corrected chi connectivity index (χ4v) is 2.04. The first-order chi connectivity index (χ1) is 8.66. The minimum absolute atomic E-state index is 0.253. The Morgan fingerprint density at radius 1 is 1.33 bits per heavy atom. The number of H-pyrrole nitrogens is 1. The number of pyridine rings is 1. The van der Waals surface area contributed by atoms with Crippen LogP contribution in [0.4, 0.5) is 0 Å². The Balaban J connectivity index is 2.27. The molecule has 1 aliphatic rings. The molecule has 0 aliphatic carbocycles. The number of carboxylic acid groups (broad SMARTS) is 1. The van der Waals surface area contributed by atoms with Gasteiger partial charge < -0.3 is 14.8 Å². The number of nitrogens with one attached hydrogen (secondary N) is 1. The van der Waals surface area contributed by atoms with Gasteiger partial charge in [0, 0.05) is 11.1 Å². The highest BCUT2D eigenvalue weighted by atomic mass is 16.5. The zero-order valence-corrected chi connectivity index (χ0v) is 9.27. The Bertz CT molecular complexity index is 702. The third-order valence-corrected chi connectivity index (χ3v) is 2.89. The van der Waals surface area contributed by atoms with Gasteiger partial charge in [-0.2, -0.15) is 0 Å². The highest BCUT2D eigenvalue weighted by Crippen LogP contribution is 2.35. The second-order valence-electron chi connectivity index (χ2n) is 4.00. The van der Waals surface area contributed by atoms with Crippen LogP contribution in [0.25, 0.3) is 11.3 Å². The zero-order chi connectivity index (χ0) is 12.7. The van der Waals surface area contributed by atoms with E-state index in [9.17, 15) is 9.59 Å². The van der Waals surface area contributed by atoms with Crippen LogP contribution in [0.3, 0.4) is 0 Å². The fourth-order valence-electron chi connectivity index (χ4n) is 2.04. The molecule has 2 heterocycles. The number of aromatic carboxylic acids is 1. The molecule has 1 aromatic heterocycles. The SMILES string of the molecule is O=C(O)c1cc2c([nH]c1=O)-c1ccccc1OC2. The third kappa shape index (κ3) is 1.48. The first kappa shape index (κ1) is 10.6. The van der Waals surface area contributed by atoms with Gasteiger partial charge in [-0.15, -0.1) is 0 Å². The summed E-state index contributed by atoms with van der Waals surface area (Å²) in [7, 11) is 0. The van der Waals surface area contributed by atoms with Gasteiger partial charge in [0.2, 0.25) is 0 Å². The fraction of sp³-hybridized carbons (Fsp3) is 0.0769. The molecule has 18 heavy (non-hydrogen) atoms. The molecule has 0 unspecified atom stereocenters. The Morgan fingerprint density at radius 3 is 2.89 bits per heavy atom. The summed E-state index contributed by atoms with van der Waals surface area (Å²) in [6, 6.07) is 8.67. The van der Waals surface area contributed by atoms with E-state index in [0.29, 0.717) is 17.0 Å². The lowest BCUT2D eigenvalue weighted by atomic mass is 10.0. The molecule has 0 atom stereocenters. The number of hydrogen-bond donors (Lipinski definition) is 2. The lowest BCUT2D eigenvalue weighted by molar-refractivity contribution is 0.0694. The van der Waals surface area contributed by atoms with Gasteiger partial charge in [0.15, 0.2) is 0 Å². The molecule has 2 N–H and O–H groups in total. The lowest BCUT2D eigenvalue weighted by Gasteiger charge is -2.20. The number of carboxylic acids is 1. The smallest absolute Gasteiger partial charge is 0.341 e. The van der Waals surface area contributed by atoms with E-state index in [1.165, 1.54) is 6.07 Å². The summed E-state index contributed by atoms with van der Waals surface area (Å²) in [6.45, 7) is 0.253. The molecule has 90 valence electrons. The normalized spacial score (nSPS) is 12.2. The summed E-state index contributed by atoms with van der Waals surface area (Å²) in [5.41, 5.74) is 1.21. The largest absolute Gasteiger partial charge is 0.488 e. The van der Waals surface area contributed by atoms with Crippen molar-refractivity contribution in [2.75, 3.05) is 0 Å². The molecule has 0 radical (unpaired) electrons. The van der Waals surface area contributed by atoms with Crippen molar-refractivity contribution in [3.63, 3.8) is 0 Å². The van der Waals surface area contributed by atoms with Crippen LogP contribution in [0.1, 0.15) is 15.9 Å². The molecular weight excluding hydrogens is 234 g/mol. The highest BCUT2D eigenvalue weighted by molar-refractivity contribution is 5.88. The number of aromatic nitrogens is 1. The molecule has 0 saturated heterocycles. The van der Waals surface area contributed by atoms with Crippen molar-refractivity contribution < 1.29 is 14.6 Å². The summed E-state index contributed by atoms with van der Waals surface area (Å²) in [6.07, 6.45) is 0. The van der Waals surface area contributed by atoms with Gasteiger partial charge in [0.05, 0.1) is 5.69 Å². The molecule has 0 bridgehead atoms. The van der Waals surface area contributed by atoms with Gasteiger partial charge in [0.1, 0.15) is 17.9 Å². The third-order valence-electron chi connectivity index (χ3n) is 2.89. The lowest BCUT2D eigenvalue weighted by Crippen LogP contribution is -2.21. The van der Waals surface area contributed by atoms with Crippen molar-refractivity contribution >= 4 is 5.97 Å². The van der Waals surface area contributed by atoms with Crippen LogP contribution in [0.15, 0.2) is 35.1 Å². The average molecular weight is 243 g/mol. The number of hydrogen-bond acceptors (Lipinski definition) is 3. The van der Waals surface area contributed by atoms with Crippen molar-refractivity contribution in [2.24, 2.45) is 0 Å². The molecule has 0 saturated carbocycles. The van der Waals surface area contributed by atoms with E-state index in [1.54, 1.807) is 0 Å². The van der Waals surface area contributed by atoms with Crippen molar-refractivity contribution in [3.05, 3.63) is 51.8 Å². The van der Waals surface area contributed by atoms with Crippen LogP contribution >= 0.6 is 0 Å². The Hall–Kier alpha value is -2.56. The van der Waals surface area contributed by atoms with Crippen LogP contribution in [0.5, 0.6) is 5.75 Å². The quantitative estimate of drug-likeness (QED) is 0.797. The molecule has 5 nitrogen and oxygen atoms in total. The molecule has 3 rings (SSSR count). The number of para-hydroxylation sites is 1. The van der Waals surface area contributed by atoms with Gasteiger partial charge >= 0.3 is 5.97 Å². The standard InChI is InChI=1S/C13H9NO4/c15-12-9(13(16)17)5-7-6-18-10-4-2-1-3-8(10)11(7)14-12/h1-5H,6H2,(H,14,15)(H,16,17). The van der Waals surface area contributed by atoms with E-state index in [2.05, 4.69) is 4.98 Å². The maximum Gasteiger partial charge on any atom is 0.341 e. The van der Waals surface area contributed by atoms with E-state index < -0.39 is 11.5 Å². The van der Waals surface area contributed by atoms with Gasteiger partial charge in [-0.3, -0.25) is 4.79 Å². The average Bonchev–Trinajstić information content (AvgIpc) is 2.37. The molecule has 0 fully saturated rings. The maximum absolute atomic E-state index is 11.7. The van der Waals surface area contributed by atoms with Crippen LogP contribution in [0, 0.1) is 0 Å². The number of carbonyl (C=O) groups is 1. The van der Waals surface area contributed by atoms with E-state index in [0.717, 1.165) is 5.56 Å². The van der Waals surface area contributed by atoms with E-state index in [4.69, 9.17) is 9.84 Å². The molecule has 1 aliphatic heterocycles. The molecule has 2 aromatic rings. The minimum Gasteiger partial charge on any atom is -0.488 e. The van der Waals surface area contributed by atoms with Crippen LogP contribution in [-0.2, 0) is 6.61 Å². The van der Waals surface area contributed by atoms with Crippen LogP contribution < -0.4 is 10.3 Å². The maximum atomic E-state index is 11.7. The van der Waals surface area contributed by atoms with Crippen molar-refractivity contribution in [1.29, 1.82) is 0 Å².